The van der Waals surface area contributed by atoms with Gasteiger partial charge in [0.2, 0.25) is 0 Å². The summed E-state index contributed by atoms with van der Waals surface area (Å²) in [6.45, 7) is 1.85. The Morgan fingerprint density at radius 1 is 1.48 bits per heavy atom. The predicted molar refractivity (Wildman–Crippen MR) is 81.8 cm³/mol. The molecule has 0 radical (unpaired) electrons. The van der Waals surface area contributed by atoms with E-state index in [1.807, 2.05) is 13.0 Å². The van der Waals surface area contributed by atoms with Crippen LogP contribution in [0.1, 0.15) is 18.9 Å². The van der Waals surface area contributed by atoms with Crippen molar-refractivity contribution in [1.29, 1.82) is 5.26 Å². The molecule has 0 aliphatic heterocycles. The molecular formula is C14H17NO4S2. The van der Waals surface area contributed by atoms with Crippen LogP contribution in [-0.4, -0.2) is 38.3 Å². The van der Waals surface area contributed by atoms with Gasteiger partial charge in [0, 0.05) is 11.0 Å². The minimum absolute atomic E-state index is 0.00177. The maximum absolute atomic E-state index is 12.1. The fourth-order valence-corrected chi connectivity index (χ4v) is 4.36. The van der Waals surface area contributed by atoms with Crippen LogP contribution in [0.4, 0.5) is 0 Å². The summed E-state index contributed by atoms with van der Waals surface area (Å²) in [5.74, 6) is 0.0505. The fourth-order valence-electron chi connectivity index (χ4n) is 1.61. The molecule has 5 nitrogen and oxygen atoms in total. The molecule has 1 rings (SSSR count). The first-order chi connectivity index (χ1) is 9.89. The van der Waals surface area contributed by atoms with Gasteiger partial charge >= 0.3 is 5.97 Å². The number of hydrogen-bond acceptors (Lipinski definition) is 6. The van der Waals surface area contributed by atoms with Gasteiger partial charge in [-0.25, -0.2) is 8.42 Å². The number of carbonyl (C=O) groups is 1. The molecule has 0 bridgehead atoms. The predicted octanol–water partition coefficient (Wildman–Crippen LogP) is 2.02. The summed E-state index contributed by atoms with van der Waals surface area (Å²) >= 11 is 1.41. The lowest BCUT2D eigenvalue weighted by molar-refractivity contribution is -0.140. The largest absolute Gasteiger partial charge is 0.469 e. The lowest BCUT2D eigenvalue weighted by Gasteiger charge is -2.10. The molecule has 0 heterocycles. The molecule has 0 aliphatic rings. The summed E-state index contributed by atoms with van der Waals surface area (Å²) in [5.41, 5.74) is 0.322. The Labute approximate surface area is 129 Å². The van der Waals surface area contributed by atoms with E-state index in [2.05, 4.69) is 4.74 Å². The van der Waals surface area contributed by atoms with Crippen molar-refractivity contribution in [2.45, 2.75) is 23.5 Å². The zero-order chi connectivity index (χ0) is 15.9. The molecule has 0 fully saturated rings. The summed E-state index contributed by atoms with van der Waals surface area (Å²) < 4.78 is 28.9. The molecule has 0 spiro atoms. The number of nitrogens with zero attached hydrogens (tertiary/aromatic N) is 1. The second kappa shape index (κ2) is 8.05. The average molecular weight is 327 g/mol. The molecule has 114 valence electrons. The van der Waals surface area contributed by atoms with Crippen LogP contribution >= 0.6 is 11.8 Å². The van der Waals surface area contributed by atoms with Crippen LogP contribution in [0.15, 0.2) is 29.2 Å². The van der Waals surface area contributed by atoms with E-state index in [0.717, 1.165) is 0 Å². The monoisotopic (exact) mass is 327 g/mol. The quantitative estimate of drug-likeness (QED) is 0.712. The van der Waals surface area contributed by atoms with Crippen molar-refractivity contribution in [1.82, 2.24) is 0 Å². The Morgan fingerprint density at radius 3 is 2.81 bits per heavy atom. The molecule has 0 aliphatic carbocycles. The minimum Gasteiger partial charge on any atom is -0.469 e. The van der Waals surface area contributed by atoms with Gasteiger partial charge in [-0.15, -0.1) is 0 Å². The van der Waals surface area contributed by atoms with E-state index in [9.17, 15) is 13.2 Å². The number of thioether (sulfide) groups is 1. The van der Waals surface area contributed by atoms with Gasteiger partial charge in [-0.2, -0.15) is 17.0 Å². The molecule has 0 saturated carbocycles. The smallest absolute Gasteiger partial charge is 0.306 e. The number of ether oxygens (including phenoxy) is 1. The first kappa shape index (κ1) is 17.5. The van der Waals surface area contributed by atoms with E-state index < -0.39 is 9.84 Å². The number of methoxy groups -OCH3 is 1. The molecule has 0 saturated heterocycles. The van der Waals surface area contributed by atoms with Crippen LogP contribution in [0.5, 0.6) is 0 Å². The summed E-state index contributed by atoms with van der Waals surface area (Å²) in [4.78, 5) is 11.2. The molecule has 0 N–H and O–H groups in total. The Morgan fingerprint density at radius 2 is 2.19 bits per heavy atom. The third kappa shape index (κ3) is 5.78. The summed E-state index contributed by atoms with van der Waals surface area (Å²) in [6.07, 6.45) is 0.255. The molecule has 1 aromatic rings. The first-order valence-corrected chi connectivity index (χ1v) is 9.00. The van der Waals surface area contributed by atoms with Crippen molar-refractivity contribution in [3.63, 3.8) is 0 Å². The van der Waals surface area contributed by atoms with Crippen LogP contribution in [0.25, 0.3) is 0 Å². The first-order valence-electron chi connectivity index (χ1n) is 6.30. The Bertz CT molecular complexity index is 635. The fraction of sp³-hybridized carbons (Fsp3) is 0.429. The molecule has 0 amide bonds. The maximum Gasteiger partial charge on any atom is 0.306 e. The molecule has 0 aromatic heterocycles. The number of sulfone groups is 1. The lowest BCUT2D eigenvalue weighted by Crippen LogP contribution is -2.13. The number of nitriles is 1. The second-order valence-electron chi connectivity index (χ2n) is 4.42. The van der Waals surface area contributed by atoms with Gasteiger partial charge in [0.15, 0.2) is 9.84 Å². The third-order valence-electron chi connectivity index (χ3n) is 2.76. The highest BCUT2D eigenvalue weighted by Crippen LogP contribution is 2.18. The number of hydrogen-bond donors (Lipinski definition) is 0. The van der Waals surface area contributed by atoms with Crippen LogP contribution in [0, 0.1) is 11.3 Å². The molecule has 7 heteroatoms. The number of benzene rings is 1. The Hall–Kier alpha value is -1.52. The van der Waals surface area contributed by atoms with E-state index in [1.54, 1.807) is 12.1 Å². The van der Waals surface area contributed by atoms with Gasteiger partial charge < -0.3 is 4.74 Å². The number of carbonyl (C=O) groups excluding carboxylic acids is 1. The Balaban J connectivity index is 2.57. The zero-order valence-corrected chi connectivity index (χ0v) is 13.5. The van der Waals surface area contributed by atoms with E-state index in [4.69, 9.17) is 5.26 Å². The van der Waals surface area contributed by atoms with Gasteiger partial charge in [0.05, 0.1) is 35.8 Å². The van der Waals surface area contributed by atoms with Gasteiger partial charge in [0.25, 0.3) is 0 Å². The van der Waals surface area contributed by atoms with Crippen LogP contribution < -0.4 is 0 Å². The zero-order valence-electron chi connectivity index (χ0n) is 11.9. The van der Waals surface area contributed by atoms with Crippen LogP contribution in [-0.2, 0) is 19.4 Å². The van der Waals surface area contributed by atoms with Crippen molar-refractivity contribution in [3.05, 3.63) is 29.8 Å². The summed E-state index contributed by atoms with van der Waals surface area (Å²) in [6, 6.07) is 7.89. The van der Waals surface area contributed by atoms with Gasteiger partial charge in [-0.1, -0.05) is 13.0 Å². The maximum atomic E-state index is 12.1. The van der Waals surface area contributed by atoms with Gasteiger partial charge in [-0.05, 0) is 18.2 Å². The van der Waals surface area contributed by atoms with Crippen molar-refractivity contribution >= 4 is 27.6 Å². The van der Waals surface area contributed by atoms with E-state index in [1.165, 1.54) is 31.0 Å². The van der Waals surface area contributed by atoms with Crippen molar-refractivity contribution < 1.29 is 17.9 Å². The second-order valence-corrected chi connectivity index (χ2v) is 8.08. The number of esters is 1. The van der Waals surface area contributed by atoms with E-state index in [0.29, 0.717) is 11.3 Å². The SMILES string of the molecule is COC(=O)CC(C)SCCS(=O)(=O)c1cccc(C#N)c1. The van der Waals surface area contributed by atoms with E-state index >= 15 is 0 Å². The van der Waals surface area contributed by atoms with Crippen molar-refractivity contribution in [2.24, 2.45) is 0 Å². The minimum atomic E-state index is -3.41. The van der Waals surface area contributed by atoms with Crippen LogP contribution in [0.2, 0.25) is 0 Å². The molecule has 1 aromatic carbocycles. The summed E-state index contributed by atoms with van der Waals surface area (Å²) in [5, 5.41) is 8.79. The molecular weight excluding hydrogens is 310 g/mol. The highest BCUT2D eigenvalue weighted by atomic mass is 32.2. The lowest BCUT2D eigenvalue weighted by atomic mass is 10.2. The molecule has 21 heavy (non-hydrogen) atoms. The van der Waals surface area contributed by atoms with Crippen molar-refractivity contribution in [2.75, 3.05) is 18.6 Å². The van der Waals surface area contributed by atoms with Crippen molar-refractivity contribution in [3.8, 4) is 6.07 Å². The molecule has 1 unspecified atom stereocenters. The van der Waals surface area contributed by atoms with Crippen LogP contribution in [0.3, 0.4) is 0 Å². The van der Waals surface area contributed by atoms with Gasteiger partial charge in [-0.3, -0.25) is 4.79 Å². The standard InChI is InChI=1S/C14H17NO4S2/c1-11(8-14(16)19-2)20-6-7-21(17,18)13-5-3-4-12(9-13)10-15/h3-5,9,11H,6-8H2,1-2H3. The normalized spacial score (nSPS) is 12.4. The number of rotatable bonds is 7. The van der Waals surface area contributed by atoms with E-state index in [-0.39, 0.29) is 28.3 Å². The highest BCUT2D eigenvalue weighted by molar-refractivity contribution is 8.01. The summed E-state index contributed by atoms with van der Waals surface area (Å²) in [7, 11) is -2.08. The topological polar surface area (TPSA) is 84.2 Å². The third-order valence-corrected chi connectivity index (χ3v) is 5.91. The average Bonchev–Trinajstić information content (AvgIpc) is 2.46. The highest BCUT2D eigenvalue weighted by Gasteiger charge is 2.16. The Kier molecular flexibility index (Phi) is 6.72. The molecule has 1 atom stereocenters. The van der Waals surface area contributed by atoms with Gasteiger partial charge in [0.1, 0.15) is 0 Å².